The highest BCUT2D eigenvalue weighted by Gasteiger charge is 2.20. The van der Waals surface area contributed by atoms with Crippen molar-refractivity contribution in [3.05, 3.63) is 127 Å². The van der Waals surface area contributed by atoms with E-state index in [2.05, 4.69) is 10.4 Å². The number of hydrogen-bond acceptors (Lipinski definition) is 4. The van der Waals surface area contributed by atoms with Gasteiger partial charge in [0.15, 0.2) is 0 Å². The third kappa shape index (κ3) is 5.13. The Morgan fingerprint density at radius 2 is 1.68 bits per heavy atom. The molecule has 0 saturated carbocycles. The first-order valence-corrected chi connectivity index (χ1v) is 10.8. The summed E-state index contributed by atoms with van der Waals surface area (Å²) in [5.41, 5.74) is 0.715. The standard InChI is InChI=1S/C25H20ClFN4O3/c1-16-5-7-18(8-6-16)15-30-24(33)22(23(32)28-14-17-9-11-20(27)12-10-17)29-31(25(30)34)21-4-2-3-19(26)13-21/h2-13H,14-15H2,1H3,(H,28,32). The molecule has 0 aliphatic heterocycles. The highest BCUT2D eigenvalue weighted by Crippen LogP contribution is 2.13. The van der Waals surface area contributed by atoms with Gasteiger partial charge in [-0.05, 0) is 48.4 Å². The van der Waals surface area contributed by atoms with Gasteiger partial charge in [0.05, 0.1) is 12.2 Å². The molecule has 0 aliphatic carbocycles. The van der Waals surface area contributed by atoms with Gasteiger partial charge < -0.3 is 5.32 Å². The molecule has 0 radical (unpaired) electrons. The molecule has 3 aromatic carbocycles. The van der Waals surface area contributed by atoms with E-state index in [1.54, 1.807) is 30.3 Å². The topological polar surface area (TPSA) is 86.0 Å². The molecule has 4 aromatic rings. The molecule has 7 nitrogen and oxygen atoms in total. The zero-order valence-electron chi connectivity index (χ0n) is 18.2. The summed E-state index contributed by atoms with van der Waals surface area (Å²) in [7, 11) is 0. The van der Waals surface area contributed by atoms with Crippen molar-refractivity contribution in [2.75, 3.05) is 0 Å². The third-order valence-electron chi connectivity index (χ3n) is 5.16. The smallest absolute Gasteiger partial charge is 0.346 e. The van der Waals surface area contributed by atoms with Crippen LogP contribution in [0.15, 0.2) is 82.4 Å². The quantitative estimate of drug-likeness (QED) is 0.460. The van der Waals surface area contributed by atoms with E-state index in [0.29, 0.717) is 21.8 Å². The molecule has 0 atom stereocenters. The zero-order valence-corrected chi connectivity index (χ0v) is 18.9. The van der Waals surface area contributed by atoms with Crippen LogP contribution in [-0.4, -0.2) is 20.3 Å². The first-order chi connectivity index (χ1) is 16.3. The summed E-state index contributed by atoms with van der Waals surface area (Å²) in [4.78, 5) is 39.3. The average Bonchev–Trinajstić information content (AvgIpc) is 2.82. The molecule has 1 amide bonds. The number of amides is 1. The van der Waals surface area contributed by atoms with Crippen molar-refractivity contribution in [1.29, 1.82) is 0 Å². The Balaban J connectivity index is 1.76. The molecule has 0 bridgehead atoms. The van der Waals surface area contributed by atoms with Crippen LogP contribution in [-0.2, 0) is 13.1 Å². The lowest BCUT2D eigenvalue weighted by Crippen LogP contribution is -2.46. The lowest BCUT2D eigenvalue weighted by atomic mass is 10.1. The number of nitrogens with one attached hydrogen (secondary N) is 1. The summed E-state index contributed by atoms with van der Waals surface area (Å²) in [5.74, 6) is -1.16. The number of hydrogen-bond donors (Lipinski definition) is 1. The Bertz CT molecular complexity index is 1460. The fourth-order valence-electron chi connectivity index (χ4n) is 3.32. The number of benzene rings is 3. The summed E-state index contributed by atoms with van der Waals surface area (Å²) in [6, 6.07) is 19.3. The van der Waals surface area contributed by atoms with Gasteiger partial charge in [0.25, 0.3) is 11.5 Å². The number of aryl methyl sites for hydroxylation is 1. The molecule has 0 unspecified atom stereocenters. The third-order valence-corrected chi connectivity index (χ3v) is 5.39. The van der Waals surface area contributed by atoms with Crippen molar-refractivity contribution in [1.82, 2.24) is 19.7 Å². The Morgan fingerprint density at radius 3 is 2.35 bits per heavy atom. The second-order valence-corrected chi connectivity index (χ2v) is 8.15. The Kier molecular flexibility index (Phi) is 6.70. The Hall–Kier alpha value is -4.04. The predicted octanol–water partition coefficient (Wildman–Crippen LogP) is 3.47. The summed E-state index contributed by atoms with van der Waals surface area (Å²) in [5, 5.41) is 7.04. The van der Waals surface area contributed by atoms with Gasteiger partial charge in [0.2, 0.25) is 5.69 Å². The minimum absolute atomic E-state index is 0.0424. The lowest BCUT2D eigenvalue weighted by molar-refractivity contribution is 0.0941. The molecule has 1 heterocycles. The number of halogens is 2. The number of carbonyl (C=O) groups excluding carboxylic acids is 1. The lowest BCUT2D eigenvalue weighted by Gasteiger charge is -2.13. The normalized spacial score (nSPS) is 10.8. The highest BCUT2D eigenvalue weighted by molar-refractivity contribution is 6.30. The number of aromatic nitrogens is 3. The maximum absolute atomic E-state index is 13.2. The van der Waals surface area contributed by atoms with E-state index in [4.69, 9.17) is 11.6 Å². The molecule has 1 aromatic heterocycles. The van der Waals surface area contributed by atoms with Crippen LogP contribution < -0.4 is 16.6 Å². The van der Waals surface area contributed by atoms with Gasteiger partial charge >= 0.3 is 5.69 Å². The average molecular weight is 479 g/mol. The maximum Gasteiger partial charge on any atom is 0.352 e. The van der Waals surface area contributed by atoms with E-state index in [1.165, 1.54) is 30.3 Å². The van der Waals surface area contributed by atoms with Crippen LogP contribution in [0.1, 0.15) is 27.2 Å². The van der Waals surface area contributed by atoms with Crippen LogP contribution >= 0.6 is 11.6 Å². The molecular weight excluding hydrogens is 459 g/mol. The molecule has 9 heteroatoms. The highest BCUT2D eigenvalue weighted by atomic mass is 35.5. The summed E-state index contributed by atoms with van der Waals surface area (Å²) < 4.78 is 15.1. The van der Waals surface area contributed by atoms with Gasteiger partial charge in [-0.2, -0.15) is 9.78 Å². The van der Waals surface area contributed by atoms with Gasteiger partial charge in [-0.25, -0.2) is 9.18 Å². The monoisotopic (exact) mass is 478 g/mol. The Morgan fingerprint density at radius 1 is 1.00 bits per heavy atom. The van der Waals surface area contributed by atoms with E-state index in [0.717, 1.165) is 14.8 Å². The van der Waals surface area contributed by atoms with Gasteiger partial charge in [-0.1, -0.05) is 59.6 Å². The van der Waals surface area contributed by atoms with Crippen LogP contribution in [0.2, 0.25) is 5.02 Å². The molecular formula is C25H20ClFN4O3. The van der Waals surface area contributed by atoms with Crippen molar-refractivity contribution >= 4 is 17.5 Å². The fraction of sp³-hybridized carbons (Fsp3) is 0.120. The van der Waals surface area contributed by atoms with E-state index >= 15 is 0 Å². The van der Waals surface area contributed by atoms with Crippen LogP contribution in [0.25, 0.3) is 5.69 Å². The molecule has 1 N–H and O–H groups in total. The molecule has 4 rings (SSSR count). The molecule has 0 saturated heterocycles. The number of carbonyl (C=O) groups is 1. The first kappa shape index (κ1) is 23.1. The SMILES string of the molecule is Cc1ccc(Cn2c(=O)c(C(=O)NCc3ccc(F)cc3)nn(-c3cccc(Cl)c3)c2=O)cc1. The van der Waals surface area contributed by atoms with Gasteiger partial charge in [0.1, 0.15) is 5.82 Å². The molecule has 34 heavy (non-hydrogen) atoms. The van der Waals surface area contributed by atoms with Crippen molar-refractivity contribution in [2.24, 2.45) is 0 Å². The molecule has 0 fully saturated rings. The fourth-order valence-corrected chi connectivity index (χ4v) is 3.50. The number of nitrogens with zero attached hydrogens (tertiary/aromatic N) is 3. The summed E-state index contributed by atoms with van der Waals surface area (Å²) in [6.45, 7) is 1.94. The zero-order chi connectivity index (χ0) is 24.2. The van der Waals surface area contributed by atoms with Crippen LogP contribution in [0, 0.1) is 12.7 Å². The van der Waals surface area contributed by atoms with E-state index in [-0.39, 0.29) is 13.1 Å². The second-order valence-electron chi connectivity index (χ2n) is 7.71. The van der Waals surface area contributed by atoms with Crippen LogP contribution in [0.5, 0.6) is 0 Å². The van der Waals surface area contributed by atoms with E-state index < -0.39 is 28.7 Å². The largest absolute Gasteiger partial charge is 0.352 e. The minimum atomic E-state index is -0.819. The Labute approximate surface area is 199 Å². The van der Waals surface area contributed by atoms with Gasteiger partial charge in [-0.15, -0.1) is 0 Å². The predicted molar refractivity (Wildman–Crippen MR) is 127 cm³/mol. The van der Waals surface area contributed by atoms with Gasteiger partial charge in [0, 0.05) is 11.6 Å². The number of rotatable bonds is 6. The van der Waals surface area contributed by atoms with Gasteiger partial charge in [-0.3, -0.25) is 14.2 Å². The summed E-state index contributed by atoms with van der Waals surface area (Å²) in [6.07, 6.45) is 0. The molecule has 172 valence electrons. The van der Waals surface area contributed by atoms with Crippen LogP contribution in [0.4, 0.5) is 4.39 Å². The van der Waals surface area contributed by atoms with Crippen molar-refractivity contribution in [2.45, 2.75) is 20.0 Å². The minimum Gasteiger partial charge on any atom is -0.346 e. The van der Waals surface area contributed by atoms with Crippen LogP contribution in [0.3, 0.4) is 0 Å². The first-order valence-electron chi connectivity index (χ1n) is 10.4. The van der Waals surface area contributed by atoms with E-state index in [9.17, 15) is 18.8 Å². The van der Waals surface area contributed by atoms with Crippen molar-refractivity contribution < 1.29 is 9.18 Å². The van der Waals surface area contributed by atoms with E-state index in [1.807, 2.05) is 19.1 Å². The molecule has 0 aliphatic rings. The maximum atomic E-state index is 13.2. The van der Waals surface area contributed by atoms with Crippen molar-refractivity contribution in [3.63, 3.8) is 0 Å². The molecule has 0 spiro atoms. The van der Waals surface area contributed by atoms with Crippen molar-refractivity contribution in [3.8, 4) is 5.69 Å². The second kappa shape index (κ2) is 9.84. The summed E-state index contributed by atoms with van der Waals surface area (Å²) >= 11 is 6.08.